The quantitative estimate of drug-likeness (QED) is 0.382. The summed E-state index contributed by atoms with van der Waals surface area (Å²) in [4.78, 5) is 35.4. The largest absolute Gasteiger partial charge is 0.488 e. The molecule has 36 heavy (non-hydrogen) atoms. The van der Waals surface area contributed by atoms with Crippen LogP contribution in [0.25, 0.3) is 11.4 Å². The molecule has 9 nitrogen and oxygen atoms in total. The van der Waals surface area contributed by atoms with Crippen molar-refractivity contribution in [3.8, 4) is 17.1 Å². The number of aromatic amines is 1. The van der Waals surface area contributed by atoms with E-state index >= 15 is 0 Å². The van der Waals surface area contributed by atoms with Crippen LogP contribution < -0.4 is 20.9 Å². The molecule has 0 bridgehead atoms. The number of hydrogen-bond donors (Lipinski definition) is 4. The molecule has 4 rings (SSSR count). The molecular weight excluding hydrogens is 479 g/mol. The van der Waals surface area contributed by atoms with Crippen molar-refractivity contribution >= 4 is 17.4 Å². The van der Waals surface area contributed by atoms with Gasteiger partial charge in [-0.3, -0.25) is 4.79 Å². The van der Waals surface area contributed by atoms with Gasteiger partial charge in [-0.1, -0.05) is 6.07 Å². The second-order valence-electron chi connectivity index (χ2n) is 8.48. The minimum Gasteiger partial charge on any atom is -0.488 e. The first-order chi connectivity index (χ1) is 17.1. The molecule has 3 aromatic rings. The standard InChI is InChI=1S/C24H24F3N5O4/c1-3-36-19-8-14(10-29-21(19)34)20-28-11-18(13(2)30-20)32-22(35)31-15-4-5-16(23(12-33)6-7-23)17(9-15)24(25,26)27/h4-5,8-11,33H,3,6-7,12H2,1-2H3,(H,29,34)(H2,31,32,35). The van der Waals surface area contributed by atoms with Crippen molar-refractivity contribution in [2.45, 2.75) is 38.3 Å². The summed E-state index contributed by atoms with van der Waals surface area (Å²) in [7, 11) is 0. The van der Waals surface area contributed by atoms with E-state index in [1.165, 1.54) is 30.6 Å². The number of alkyl halides is 3. The summed E-state index contributed by atoms with van der Waals surface area (Å²) in [6.45, 7) is 3.30. The Labute approximate surface area is 203 Å². The molecule has 0 radical (unpaired) electrons. The molecule has 0 spiro atoms. The number of aryl methyl sites for hydroxylation is 1. The first kappa shape index (κ1) is 25.2. The average Bonchev–Trinajstić information content (AvgIpc) is 3.62. The molecule has 1 saturated carbocycles. The van der Waals surface area contributed by atoms with Gasteiger partial charge in [0, 0.05) is 22.9 Å². The van der Waals surface area contributed by atoms with E-state index in [2.05, 4.69) is 25.6 Å². The second-order valence-corrected chi connectivity index (χ2v) is 8.48. The molecule has 1 fully saturated rings. The Morgan fingerprint density at radius 1 is 1.25 bits per heavy atom. The minimum absolute atomic E-state index is 0.0260. The highest BCUT2D eigenvalue weighted by Gasteiger charge is 2.49. The van der Waals surface area contributed by atoms with Crippen molar-refractivity contribution in [3.63, 3.8) is 0 Å². The van der Waals surface area contributed by atoms with Gasteiger partial charge in [0.05, 0.1) is 36.4 Å². The number of aromatic nitrogens is 3. The maximum Gasteiger partial charge on any atom is 0.416 e. The molecule has 2 heterocycles. The van der Waals surface area contributed by atoms with Crippen LogP contribution in [-0.4, -0.2) is 39.3 Å². The summed E-state index contributed by atoms with van der Waals surface area (Å²) >= 11 is 0. The molecule has 4 N–H and O–H groups in total. The lowest BCUT2D eigenvalue weighted by Crippen LogP contribution is -2.23. The number of aliphatic hydroxyl groups excluding tert-OH is 1. The number of urea groups is 1. The summed E-state index contributed by atoms with van der Waals surface area (Å²) < 4.78 is 46.3. The molecule has 1 aliphatic rings. The second kappa shape index (κ2) is 9.61. The topological polar surface area (TPSA) is 129 Å². The van der Waals surface area contributed by atoms with E-state index in [0.717, 1.165) is 6.07 Å². The van der Waals surface area contributed by atoms with E-state index in [9.17, 15) is 27.9 Å². The molecule has 2 amide bonds. The number of benzene rings is 1. The smallest absolute Gasteiger partial charge is 0.416 e. The van der Waals surface area contributed by atoms with Crippen LogP contribution in [0.1, 0.15) is 36.6 Å². The van der Waals surface area contributed by atoms with Gasteiger partial charge in [-0.05, 0) is 50.5 Å². The number of aliphatic hydroxyl groups is 1. The van der Waals surface area contributed by atoms with Crippen molar-refractivity contribution in [2.75, 3.05) is 23.8 Å². The van der Waals surface area contributed by atoms with Crippen LogP contribution >= 0.6 is 0 Å². The number of H-pyrrole nitrogens is 1. The number of pyridine rings is 1. The highest BCUT2D eigenvalue weighted by atomic mass is 19.4. The molecule has 0 atom stereocenters. The number of hydrogen-bond acceptors (Lipinski definition) is 6. The first-order valence-corrected chi connectivity index (χ1v) is 11.2. The lowest BCUT2D eigenvalue weighted by molar-refractivity contribution is -0.138. The van der Waals surface area contributed by atoms with Crippen LogP contribution in [0.3, 0.4) is 0 Å². The Bertz CT molecular complexity index is 1350. The number of halogens is 3. The third kappa shape index (κ3) is 5.18. The first-order valence-electron chi connectivity index (χ1n) is 11.2. The molecule has 2 aromatic heterocycles. The minimum atomic E-state index is -4.64. The number of carbonyl (C=O) groups excluding carboxylic acids is 1. The van der Waals surface area contributed by atoms with Crippen molar-refractivity contribution in [3.05, 3.63) is 63.8 Å². The van der Waals surface area contributed by atoms with Crippen LogP contribution in [-0.2, 0) is 11.6 Å². The fraction of sp³-hybridized carbons (Fsp3) is 0.333. The summed E-state index contributed by atoms with van der Waals surface area (Å²) in [5.41, 5.74) is -1.05. The maximum absolute atomic E-state index is 13.7. The molecule has 0 saturated heterocycles. The monoisotopic (exact) mass is 503 g/mol. The zero-order valence-electron chi connectivity index (χ0n) is 19.5. The van der Waals surface area contributed by atoms with Gasteiger partial charge in [-0.15, -0.1) is 0 Å². The third-order valence-electron chi connectivity index (χ3n) is 5.97. The Balaban J connectivity index is 1.51. The van der Waals surface area contributed by atoms with Gasteiger partial charge in [-0.2, -0.15) is 13.2 Å². The Morgan fingerprint density at radius 3 is 2.61 bits per heavy atom. The summed E-state index contributed by atoms with van der Waals surface area (Å²) in [5.74, 6) is 0.396. The van der Waals surface area contributed by atoms with Gasteiger partial charge < -0.3 is 25.5 Å². The van der Waals surface area contributed by atoms with Gasteiger partial charge in [0.1, 0.15) is 0 Å². The fourth-order valence-corrected chi connectivity index (χ4v) is 3.85. The number of nitrogens with one attached hydrogen (secondary N) is 3. The Hall–Kier alpha value is -3.93. The fourth-order valence-electron chi connectivity index (χ4n) is 3.85. The van der Waals surface area contributed by atoms with Gasteiger partial charge in [0.25, 0.3) is 5.56 Å². The van der Waals surface area contributed by atoms with E-state index in [0.29, 0.717) is 30.7 Å². The van der Waals surface area contributed by atoms with Crippen LogP contribution in [0.15, 0.2) is 41.5 Å². The average molecular weight is 503 g/mol. The number of rotatable bonds is 7. The van der Waals surface area contributed by atoms with E-state index in [1.807, 2.05) is 0 Å². The molecule has 1 aromatic carbocycles. The van der Waals surface area contributed by atoms with Crippen LogP contribution in [0.4, 0.5) is 29.3 Å². The van der Waals surface area contributed by atoms with Gasteiger partial charge in [-0.25, -0.2) is 14.8 Å². The molecule has 190 valence electrons. The highest BCUT2D eigenvalue weighted by Crippen LogP contribution is 2.51. The summed E-state index contributed by atoms with van der Waals surface area (Å²) in [6.07, 6.45) is -0.907. The van der Waals surface area contributed by atoms with Crippen molar-refractivity contribution < 1.29 is 27.8 Å². The van der Waals surface area contributed by atoms with Crippen LogP contribution in [0.5, 0.6) is 5.75 Å². The Kier molecular flexibility index (Phi) is 6.72. The summed E-state index contributed by atoms with van der Waals surface area (Å²) in [6, 6.07) is 4.26. The lowest BCUT2D eigenvalue weighted by atomic mass is 9.91. The number of amides is 2. The van der Waals surface area contributed by atoms with E-state index in [-0.39, 0.29) is 35.1 Å². The summed E-state index contributed by atoms with van der Waals surface area (Å²) in [5, 5.41) is 14.5. The van der Waals surface area contributed by atoms with Crippen molar-refractivity contribution in [2.24, 2.45) is 0 Å². The molecular formula is C24H24F3N5O4. The van der Waals surface area contributed by atoms with E-state index in [1.54, 1.807) is 13.8 Å². The molecule has 0 unspecified atom stereocenters. The maximum atomic E-state index is 13.7. The molecule has 12 heteroatoms. The van der Waals surface area contributed by atoms with Crippen molar-refractivity contribution in [1.29, 1.82) is 0 Å². The zero-order valence-corrected chi connectivity index (χ0v) is 19.5. The van der Waals surface area contributed by atoms with E-state index in [4.69, 9.17) is 4.74 Å². The lowest BCUT2D eigenvalue weighted by Gasteiger charge is -2.20. The normalized spacial score (nSPS) is 14.3. The number of anilines is 2. The molecule has 0 aliphatic heterocycles. The van der Waals surface area contributed by atoms with Crippen LogP contribution in [0, 0.1) is 6.92 Å². The van der Waals surface area contributed by atoms with Crippen molar-refractivity contribution in [1.82, 2.24) is 15.0 Å². The van der Waals surface area contributed by atoms with Gasteiger partial charge in [0.15, 0.2) is 11.6 Å². The predicted molar refractivity (Wildman–Crippen MR) is 126 cm³/mol. The third-order valence-corrected chi connectivity index (χ3v) is 5.97. The van der Waals surface area contributed by atoms with Gasteiger partial charge >= 0.3 is 12.2 Å². The number of ether oxygens (including phenoxy) is 1. The zero-order chi connectivity index (χ0) is 26.1. The molecule has 1 aliphatic carbocycles. The van der Waals surface area contributed by atoms with E-state index < -0.39 is 28.7 Å². The predicted octanol–water partition coefficient (Wildman–Crippen LogP) is 4.23. The Morgan fingerprint density at radius 2 is 2.00 bits per heavy atom. The highest BCUT2D eigenvalue weighted by molar-refractivity contribution is 6.00. The SMILES string of the molecule is CCOc1cc(-c2ncc(NC(=O)Nc3ccc(C4(CO)CC4)c(C(F)(F)F)c3)c(C)n2)c[nH]c1=O. The number of nitrogens with zero attached hydrogens (tertiary/aromatic N) is 2. The van der Waals surface area contributed by atoms with Gasteiger partial charge in [0.2, 0.25) is 0 Å². The number of carbonyl (C=O) groups is 1. The van der Waals surface area contributed by atoms with Crippen LogP contribution in [0.2, 0.25) is 0 Å².